The van der Waals surface area contributed by atoms with Gasteiger partial charge in [-0.15, -0.1) is 24.8 Å². The molecule has 10 heteroatoms. The average Bonchev–Trinajstić information content (AvgIpc) is 3.16. The van der Waals surface area contributed by atoms with Crippen LogP contribution in [-0.2, 0) is 4.74 Å². The van der Waals surface area contributed by atoms with Crippen LogP contribution >= 0.6 is 24.8 Å². The number of rotatable bonds is 6. The third-order valence-corrected chi connectivity index (χ3v) is 4.40. The predicted octanol–water partition coefficient (Wildman–Crippen LogP) is 1.25. The van der Waals surface area contributed by atoms with E-state index in [1.807, 2.05) is 0 Å². The van der Waals surface area contributed by atoms with E-state index in [-0.39, 0.29) is 36.1 Å². The van der Waals surface area contributed by atoms with Crippen molar-refractivity contribution in [3.8, 4) is 5.82 Å². The quantitative estimate of drug-likeness (QED) is 0.754. The van der Waals surface area contributed by atoms with Gasteiger partial charge in [0.2, 0.25) is 0 Å². The molecule has 8 nitrogen and oxygen atoms in total. The Morgan fingerprint density at radius 1 is 1.38 bits per heavy atom. The van der Waals surface area contributed by atoms with E-state index in [9.17, 15) is 4.79 Å². The van der Waals surface area contributed by atoms with Crippen LogP contribution in [0.25, 0.3) is 5.82 Å². The maximum absolute atomic E-state index is 12.5. The number of carbonyl (C=O) groups excluding carboxylic acids is 1. The number of amides is 1. The molecule has 0 spiro atoms. The fourth-order valence-corrected chi connectivity index (χ4v) is 3.02. The summed E-state index contributed by atoms with van der Waals surface area (Å²) in [4.78, 5) is 20.6. The number of nitrogens with one attached hydrogen (secondary N) is 2. The first-order chi connectivity index (χ1) is 11.7. The number of pyridine rings is 1. The van der Waals surface area contributed by atoms with E-state index in [0.29, 0.717) is 24.5 Å². The molecule has 1 amide bonds. The second kappa shape index (κ2) is 10.4. The summed E-state index contributed by atoms with van der Waals surface area (Å²) in [7, 11) is 1.71. The van der Waals surface area contributed by atoms with E-state index in [2.05, 4.69) is 25.7 Å². The summed E-state index contributed by atoms with van der Waals surface area (Å²) >= 11 is 0. The molecule has 0 bridgehead atoms. The van der Waals surface area contributed by atoms with E-state index in [0.717, 1.165) is 25.9 Å². The smallest absolute Gasteiger partial charge is 0.251 e. The van der Waals surface area contributed by atoms with Gasteiger partial charge in [-0.05, 0) is 38.1 Å². The lowest BCUT2D eigenvalue weighted by Crippen LogP contribution is -2.47. The first-order valence-corrected chi connectivity index (χ1v) is 8.01. The van der Waals surface area contributed by atoms with Crippen molar-refractivity contribution in [2.75, 3.05) is 33.4 Å². The van der Waals surface area contributed by atoms with Crippen molar-refractivity contribution in [3.05, 3.63) is 36.5 Å². The van der Waals surface area contributed by atoms with Gasteiger partial charge in [0.1, 0.15) is 12.7 Å². The van der Waals surface area contributed by atoms with Crippen LogP contribution in [0.2, 0.25) is 0 Å². The minimum atomic E-state index is -0.118. The molecule has 0 radical (unpaired) electrons. The van der Waals surface area contributed by atoms with Crippen molar-refractivity contribution in [1.82, 2.24) is 30.4 Å². The van der Waals surface area contributed by atoms with E-state index in [1.54, 1.807) is 31.8 Å². The number of piperidine rings is 1. The third-order valence-electron chi connectivity index (χ3n) is 4.40. The molecule has 0 saturated carbocycles. The topological polar surface area (TPSA) is 94.0 Å². The lowest BCUT2D eigenvalue weighted by atomic mass is 9.79. The molecule has 0 aromatic carbocycles. The number of halogens is 2. The Morgan fingerprint density at radius 2 is 2.15 bits per heavy atom. The van der Waals surface area contributed by atoms with Gasteiger partial charge in [0.05, 0.1) is 6.61 Å². The first-order valence-electron chi connectivity index (χ1n) is 8.01. The summed E-state index contributed by atoms with van der Waals surface area (Å²) in [5, 5.41) is 10.4. The highest BCUT2D eigenvalue weighted by Gasteiger charge is 2.32. The average molecular weight is 403 g/mol. The third kappa shape index (κ3) is 5.38. The van der Waals surface area contributed by atoms with Crippen LogP contribution in [0.5, 0.6) is 0 Å². The first kappa shape index (κ1) is 22.3. The molecule has 2 N–H and O–H groups in total. The van der Waals surface area contributed by atoms with Crippen molar-refractivity contribution in [2.45, 2.75) is 12.8 Å². The molecule has 1 aliphatic rings. The van der Waals surface area contributed by atoms with Gasteiger partial charge in [-0.25, -0.2) is 14.6 Å². The molecule has 0 atom stereocenters. The van der Waals surface area contributed by atoms with Crippen molar-refractivity contribution < 1.29 is 9.53 Å². The zero-order valence-electron chi connectivity index (χ0n) is 14.6. The van der Waals surface area contributed by atoms with Crippen molar-refractivity contribution in [2.24, 2.45) is 5.41 Å². The van der Waals surface area contributed by atoms with Gasteiger partial charge in [0.25, 0.3) is 5.91 Å². The van der Waals surface area contributed by atoms with Crippen molar-refractivity contribution in [3.63, 3.8) is 0 Å². The Labute approximate surface area is 164 Å². The molecule has 3 heterocycles. The van der Waals surface area contributed by atoms with Gasteiger partial charge in [-0.1, -0.05) is 0 Å². The van der Waals surface area contributed by atoms with Gasteiger partial charge in [-0.2, -0.15) is 5.10 Å². The van der Waals surface area contributed by atoms with Gasteiger partial charge in [0.15, 0.2) is 5.82 Å². The number of carbonyl (C=O) groups is 1. The predicted molar refractivity (Wildman–Crippen MR) is 102 cm³/mol. The van der Waals surface area contributed by atoms with Gasteiger partial charge >= 0.3 is 0 Å². The maximum Gasteiger partial charge on any atom is 0.251 e. The fraction of sp³-hybridized carbons (Fsp3) is 0.500. The monoisotopic (exact) mass is 402 g/mol. The molecule has 1 fully saturated rings. The van der Waals surface area contributed by atoms with Crippen LogP contribution in [0.3, 0.4) is 0 Å². The zero-order valence-corrected chi connectivity index (χ0v) is 16.2. The Bertz CT molecular complexity index is 672. The number of ether oxygens (including phenoxy) is 1. The van der Waals surface area contributed by atoms with E-state index < -0.39 is 0 Å². The standard InChI is InChI=1S/C16H22N6O2.2ClH/c1-24-10-16(3-6-17-7-4-16)9-20-15(23)13-2-5-19-14(8-13)22-12-18-11-21-22;;/h2,5,8,11-12,17H,3-4,6-7,9-10H2,1H3,(H,20,23);2*1H. The lowest BCUT2D eigenvalue weighted by Gasteiger charge is -2.37. The molecule has 0 unspecified atom stereocenters. The number of methoxy groups -OCH3 is 1. The Balaban J connectivity index is 0.00000169. The minimum absolute atomic E-state index is 0. The number of hydrogen-bond donors (Lipinski definition) is 2. The summed E-state index contributed by atoms with van der Waals surface area (Å²) in [6.07, 6.45) is 6.55. The summed E-state index contributed by atoms with van der Waals surface area (Å²) in [5.41, 5.74) is 0.550. The van der Waals surface area contributed by atoms with Gasteiger partial charge in [0, 0.05) is 30.8 Å². The molecule has 0 aliphatic carbocycles. The maximum atomic E-state index is 12.5. The lowest BCUT2D eigenvalue weighted by molar-refractivity contribution is 0.0511. The molecule has 144 valence electrons. The van der Waals surface area contributed by atoms with Crippen LogP contribution in [0.1, 0.15) is 23.2 Å². The van der Waals surface area contributed by atoms with E-state index >= 15 is 0 Å². The van der Waals surface area contributed by atoms with Crippen LogP contribution in [0.4, 0.5) is 0 Å². The van der Waals surface area contributed by atoms with Crippen LogP contribution in [0, 0.1) is 5.41 Å². The van der Waals surface area contributed by atoms with Crippen molar-refractivity contribution in [1.29, 1.82) is 0 Å². The summed E-state index contributed by atoms with van der Waals surface area (Å²) in [6, 6.07) is 3.40. The molecular weight excluding hydrogens is 379 g/mol. The highest BCUT2D eigenvalue weighted by Crippen LogP contribution is 2.28. The van der Waals surface area contributed by atoms with E-state index in [4.69, 9.17) is 4.74 Å². The molecule has 1 saturated heterocycles. The molecule has 1 aliphatic heterocycles. The minimum Gasteiger partial charge on any atom is -0.384 e. The molecule has 2 aromatic heterocycles. The fourth-order valence-electron chi connectivity index (χ4n) is 3.02. The summed E-state index contributed by atoms with van der Waals surface area (Å²) in [6.45, 7) is 3.15. The SMILES string of the molecule is COCC1(CNC(=O)c2ccnc(-n3cncn3)c2)CCNCC1.Cl.Cl. The summed E-state index contributed by atoms with van der Waals surface area (Å²) < 4.78 is 6.91. The second-order valence-electron chi connectivity index (χ2n) is 6.11. The number of hydrogen-bond acceptors (Lipinski definition) is 6. The van der Waals surface area contributed by atoms with Crippen LogP contribution in [0.15, 0.2) is 31.0 Å². The Kier molecular flexibility index (Phi) is 8.94. The van der Waals surface area contributed by atoms with Crippen LogP contribution in [-0.4, -0.2) is 59.0 Å². The molecule has 3 rings (SSSR count). The van der Waals surface area contributed by atoms with Crippen LogP contribution < -0.4 is 10.6 Å². The van der Waals surface area contributed by atoms with Crippen molar-refractivity contribution >= 4 is 30.7 Å². The highest BCUT2D eigenvalue weighted by molar-refractivity contribution is 5.94. The Hall–Kier alpha value is -1.74. The van der Waals surface area contributed by atoms with Gasteiger partial charge < -0.3 is 15.4 Å². The normalized spacial score (nSPS) is 15.4. The molecule has 2 aromatic rings. The molecule has 26 heavy (non-hydrogen) atoms. The second-order valence-corrected chi connectivity index (χ2v) is 6.11. The van der Waals surface area contributed by atoms with Gasteiger partial charge in [-0.3, -0.25) is 4.79 Å². The largest absolute Gasteiger partial charge is 0.384 e. The molecular formula is C16H24Cl2N6O2. The highest BCUT2D eigenvalue weighted by atomic mass is 35.5. The van der Waals surface area contributed by atoms with E-state index in [1.165, 1.54) is 11.0 Å². The number of nitrogens with zero attached hydrogens (tertiary/aromatic N) is 4. The Morgan fingerprint density at radius 3 is 2.81 bits per heavy atom. The zero-order chi connectivity index (χ0) is 16.8. The summed E-state index contributed by atoms with van der Waals surface area (Å²) in [5.74, 6) is 0.446. The number of aromatic nitrogens is 4.